The Morgan fingerprint density at radius 2 is 1.81 bits per heavy atom. The smallest absolute Gasteiger partial charge is 0.246 e. The third-order valence-electron chi connectivity index (χ3n) is 7.46. The number of rotatable bonds is 3. The van der Waals surface area contributed by atoms with Crippen LogP contribution in [0.2, 0.25) is 0 Å². The number of hydrogen-bond acceptors (Lipinski definition) is 5. The quantitative estimate of drug-likeness (QED) is 0.370. The Hall–Kier alpha value is -3.93. The minimum Gasteiger partial charge on any atom is -0.487 e. The van der Waals surface area contributed by atoms with Crippen molar-refractivity contribution < 1.29 is 9.53 Å². The molecule has 4 aromatic rings. The van der Waals surface area contributed by atoms with Crippen molar-refractivity contribution in [1.29, 1.82) is 0 Å². The summed E-state index contributed by atoms with van der Waals surface area (Å²) in [6, 6.07) is 17.2. The van der Waals surface area contributed by atoms with Gasteiger partial charge in [0.25, 0.3) is 0 Å². The Balaban J connectivity index is 1.53. The van der Waals surface area contributed by atoms with E-state index in [1.54, 1.807) is 6.33 Å². The van der Waals surface area contributed by atoms with Crippen molar-refractivity contribution in [1.82, 2.24) is 14.9 Å². The highest BCUT2D eigenvalue weighted by molar-refractivity contribution is 6.04. The molecule has 0 saturated carbocycles. The molecule has 6 rings (SSSR count). The first-order chi connectivity index (χ1) is 17.4. The summed E-state index contributed by atoms with van der Waals surface area (Å²) in [7, 11) is 0. The lowest BCUT2D eigenvalue weighted by molar-refractivity contribution is -0.126. The summed E-state index contributed by atoms with van der Waals surface area (Å²) in [6.45, 7) is 10.6. The van der Waals surface area contributed by atoms with Crippen LogP contribution in [0.15, 0.2) is 67.5 Å². The lowest BCUT2D eigenvalue weighted by Crippen LogP contribution is -2.48. The summed E-state index contributed by atoms with van der Waals surface area (Å²) in [5.74, 6) is 1.75. The fraction of sp³-hybridized carbons (Fsp3) is 0.300. The molecule has 36 heavy (non-hydrogen) atoms. The summed E-state index contributed by atoms with van der Waals surface area (Å²) in [6.07, 6.45) is 4.89. The summed E-state index contributed by atoms with van der Waals surface area (Å²) < 4.78 is 6.73. The van der Waals surface area contributed by atoms with E-state index < -0.39 is 0 Å². The molecular formula is C30H30N4O2. The molecule has 0 atom stereocenters. The molecule has 0 aliphatic carbocycles. The van der Waals surface area contributed by atoms with Gasteiger partial charge in [-0.25, -0.2) is 9.97 Å². The van der Waals surface area contributed by atoms with Crippen molar-refractivity contribution in [2.75, 3.05) is 31.1 Å². The van der Waals surface area contributed by atoms with E-state index in [0.29, 0.717) is 26.2 Å². The van der Waals surface area contributed by atoms with E-state index in [-0.39, 0.29) is 11.5 Å². The largest absolute Gasteiger partial charge is 0.487 e. The van der Waals surface area contributed by atoms with Crippen LogP contribution in [0.3, 0.4) is 0 Å². The van der Waals surface area contributed by atoms with E-state index in [1.807, 2.05) is 4.90 Å². The minimum atomic E-state index is -0.278. The zero-order valence-corrected chi connectivity index (χ0v) is 20.8. The molecule has 3 aromatic carbocycles. The molecule has 2 aliphatic rings. The van der Waals surface area contributed by atoms with Gasteiger partial charge in [-0.3, -0.25) is 4.79 Å². The number of fused-ring (bicyclic) bond motifs is 4. The summed E-state index contributed by atoms with van der Waals surface area (Å²) in [5.41, 5.74) is 4.19. The first kappa shape index (κ1) is 22.5. The van der Waals surface area contributed by atoms with E-state index in [9.17, 15) is 4.79 Å². The van der Waals surface area contributed by atoms with Crippen LogP contribution in [0.1, 0.15) is 25.8 Å². The first-order valence-electron chi connectivity index (χ1n) is 12.6. The van der Waals surface area contributed by atoms with Crippen molar-refractivity contribution in [2.24, 2.45) is 0 Å². The van der Waals surface area contributed by atoms with Crippen LogP contribution in [-0.4, -0.2) is 52.6 Å². The van der Waals surface area contributed by atoms with Crippen molar-refractivity contribution in [3.05, 3.63) is 73.1 Å². The van der Waals surface area contributed by atoms with Crippen LogP contribution in [0.25, 0.3) is 32.8 Å². The Bertz CT molecular complexity index is 1500. The van der Waals surface area contributed by atoms with E-state index in [1.165, 1.54) is 33.5 Å². The molecule has 1 saturated heterocycles. The van der Waals surface area contributed by atoms with Gasteiger partial charge < -0.3 is 14.5 Å². The molecular weight excluding hydrogens is 448 g/mol. The number of amides is 1. The van der Waals surface area contributed by atoms with E-state index >= 15 is 0 Å². The number of carbonyl (C=O) groups is 1. The van der Waals surface area contributed by atoms with Gasteiger partial charge in [-0.2, -0.15) is 0 Å². The highest BCUT2D eigenvalue weighted by Crippen LogP contribution is 2.47. The molecule has 0 spiro atoms. The number of ether oxygens (including phenoxy) is 1. The second-order valence-electron chi connectivity index (χ2n) is 10.2. The molecule has 6 heteroatoms. The zero-order valence-electron chi connectivity index (χ0n) is 20.8. The third kappa shape index (κ3) is 3.77. The van der Waals surface area contributed by atoms with Gasteiger partial charge in [0.2, 0.25) is 5.91 Å². The van der Waals surface area contributed by atoms with Gasteiger partial charge in [-0.1, -0.05) is 49.0 Å². The van der Waals surface area contributed by atoms with Crippen LogP contribution in [0, 0.1) is 0 Å². The number of anilines is 1. The highest BCUT2D eigenvalue weighted by Gasteiger charge is 2.33. The summed E-state index contributed by atoms with van der Waals surface area (Å²) in [5, 5.41) is 3.41. The van der Waals surface area contributed by atoms with Gasteiger partial charge in [0.05, 0.1) is 10.9 Å². The Morgan fingerprint density at radius 1 is 1.03 bits per heavy atom. The number of piperazine rings is 1. The summed E-state index contributed by atoms with van der Waals surface area (Å²) in [4.78, 5) is 25.6. The molecule has 1 aromatic heterocycles. The average molecular weight is 479 g/mol. The molecule has 0 unspecified atom stereocenters. The van der Waals surface area contributed by atoms with E-state index in [4.69, 9.17) is 14.7 Å². The van der Waals surface area contributed by atoms with Crippen molar-refractivity contribution in [3.63, 3.8) is 0 Å². The van der Waals surface area contributed by atoms with Crippen LogP contribution in [0.5, 0.6) is 5.75 Å². The second-order valence-corrected chi connectivity index (χ2v) is 10.2. The van der Waals surface area contributed by atoms with Gasteiger partial charge in [0.15, 0.2) is 0 Å². The van der Waals surface area contributed by atoms with Crippen molar-refractivity contribution in [3.8, 4) is 16.9 Å². The molecule has 1 amide bonds. The van der Waals surface area contributed by atoms with Crippen LogP contribution < -0.4 is 9.64 Å². The van der Waals surface area contributed by atoms with Crippen LogP contribution in [0.4, 0.5) is 5.82 Å². The number of nitrogens with zero attached hydrogens (tertiary/aromatic N) is 4. The fourth-order valence-electron chi connectivity index (χ4n) is 5.54. The predicted octanol–water partition coefficient (Wildman–Crippen LogP) is 5.39. The molecule has 0 N–H and O–H groups in total. The van der Waals surface area contributed by atoms with Gasteiger partial charge in [-0.05, 0) is 60.7 Å². The maximum absolute atomic E-state index is 12.1. The Kier molecular flexibility index (Phi) is 5.40. The number of carbonyl (C=O) groups excluding carboxylic acids is 1. The Morgan fingerprint density at radius 3 is 2.61 bits per heavy atom. The van der Waals surface area contributed by atoms with Gasteiger partial charge in [-0.15, -0.1) is 0 Å². The maximum atomic E-state index is 12.1. The van der Waals surface area contributed by atoms with E-state index in [0.717, 1.165) is 35.3 Å². The van der Waals surface area contributed by atoms with E-state index in [2.05, 4.69) is 73.9 Å². The number of hydrogen-bond donors (Lipinski definition) is 0. The number of aromatic nitrogens is 2. The molecule has 6 nitrogen and oxygen atoms in total. The maximum Gasteiger partial charge on any atom is 0.246 e. The number of benzene rings is 3. The topological polar surface area (TPSA) is 58.6 Å². The predicted molar refractivity (Wildman–Crippen MR) is 144 cm³/mol. The third-order valence-corrected chi connectivity index (χ3v) is 7.46. The van der Waals surface area contributed by atoms with Crippen LogP contribution >= 0.6 is 0 Å². The standard InChI is InChI=1S/C30H30N4O2/c1-4-26(35)33-14-16-34(17-15-33)29-27-25(31-19-32-29)18-24(23-12-13-30(2,3)36-28(23)27)22-11-7-9-20-8-5-6-10-21(20)22/h4-11,18-19H,1,12-17H2,2-3H3. The van der Waals surface area contributed by atoms with Gasteiger partial charge >= 0.3 is 0 Å². The molecule has 0 radical (unpaired) electrons. The van der Waals surface area contributed by atoms with Crippen molar-refractivity contribution in [2.45, 2.75) is 32.3 Å². The normalized spacial score (nSPS) is 17.1. The van der Waals surface area contributed by atoms with Gasteiger partial charge in [0, 0.05) is 31.7 Å². The SMILES string of the molecule is C=CC(=O)N1CCN(c2ncnc3cc(-c4cccc5ccccc45)c4c(c23)OC(C)(C)CC4)CC1. The molecule has 3 heterocycles. The Labute approximate surface area is 211 Å². The zero-order chi connectivity index (χ0) is 24.9. The molecule has 2 aliphatic heterocycles. The fourth-order valence-corrected chi connectivity index (χ4v) is 5.54. The average Bonchev–Trinajstić information content (AvgIpc) is 2.91. The monoisotopic (exact) mass is 478 g/mol. The summed E-state index contributed by atoms with van der Waals surface area (Å²) >= 11 is 0. The second kappa shape index (κ2) is 8.63. The molecule has 1 fully saturated rings. The van der Waals surface area contributed by atoms with Crippen LogP contribution in [-0.2, 0) is 11.2 Å². The minimum absolute atomic E-state index is 0.0237. The van der Waals surface area contributed by atoms with Crippen molar-refractivity contribution >= 4 is 33.4 Å². The first-order valence-corrected chi connectivity index (χ1v) is 12.6. The molecule has 0 bridgehead atoms. The lowest BCUT2D eigenvalue weighted by Gasteiger charge is -2.37. The highest BCUT2D eigenvalue weighted by atomic mass is 16.5. The lowest BCUT2D eigenvalue weighted by atomic mass is 9.86. The molecule has 182 valence electrons. The van der Waals surface area contributed by atoms with Gasteiger partial charge in [0.1, 0.15) is 23.5 Å².